The van der Waals surface area contributed by atoms with E-state index in [4.69, 9.17) is 23.4 Å². The van der Waals surface area contributed by atoms with E-state index in [9.17, 15) is 19.2 Å². The number of carbonyl (C=O) groups excluding carboxylic acids is 4. The van der Waals surface area contributed by atoms with Crippen molar-refractivity contribution in [3.05, 3.63) is 82.4 Å². The van der Waals surface area contributed by atoms with E-state index in [1.807, 2.05) is 19.9 Å². The lowest BCUT2D eigenvalue weighted by atomic mass is 9.63. The molecule has 230 valence electrons. The number of cyclic esters (lactones) is 1. The highest BCUT2D eigenvalue weighted by atomic mass is 16.6. The van der Waals surface area contributed by atoms with Gasteiger partial charge in [0, 0.05) is 29.7 Å². The van der Waals surface area contributed by atoms with Crippen LogP contribution in [0.25, 0.3) is 0 Å². The van der Waals surface area contributed by atoms with Gasteiger partial charge >= 0.3 is 23.9 Å². The van der Waals surface area contributed by atoms with E-state index in [0.29, 0.717) is 17.6 Å². The van der Waals surface area contributed by atoms with Gasteiger partial charge in [-0.1, -0.05) is 24.6 Å². The molecular weight excluding hydrogens is 552 g/mol. The van der Waals surface area contributed by atoms with Gasteiger partial charge in [-0.2, -0.15) is 0 Å². The summed E-state index contributed by atoms with van der Waals surface area (Å²) in [5.74, 6) is -2.58. The van der Waals surface area contributed by atoms with Gasteiger partial charge < -0.3 is 23.4 Å². The quantitative estimate of drug-likeness (QED) is 0.219. The van der Waals surface area contributed by atoms with Gasteiger partial charge in [0.15, 0.2) is 12.2 Å². The van der Waals surface area contributed by atoms with E-state index < -0.39 is 53.0 Å². The molecule has 0 bridgehead atoms. The number of allylic oxidation sites excluding steroid dienone is 4. The minimum absolute atomic E-state index is 0.0535. The Morgan fingerprint density at radius 1 is 1.14 bits per heavy atom. The topological polar surface area (TPSA) is 118 Å². The molecule has 5 unspecified atom stereocenters. The lowest BCUT2D eigenvalue weighted by Crippen LogP contribution is -2.51. The highest BCUT2D eigenvalue weighted by molar-refractivity contribution is 5.94. The second kappa shape index (κ2) is 12.2. The van der Waals surface area contributed by atoms with Gasteiger partial charge in [-0.15, -0.1) is 0 Å². The van der Waals surface area contributed by atoms with Crippen molar-refractivity contribution in [3.63, 3.8) is 0 Å². The van der Waals surface area contributed by atoms with Crippen LogP contribution in [0.1, 0.15) is 72.8 Å². The van der Waals surface area contributed by atoms with Gasteiger partial charge in [0.05, 0.1) is 31.6 Å². The van der Waals surface area contributed by atoms with Crippen LogP contribution in [-0.4, -0.2) is 48.8 Å². The lowest BCUT2D eigenvalue weighted by Gasteiger charge is -2.46. The third kappa shape index (κ3) is 6.17. The number of furan rings is 1. The molecule has 0 N–H and O–H groups in total. The van der Waals surface area contributed by atoms with Crippen molar-refractivity contribution in [2.75, 3.05) is 7.11 Å². The fraction of sp³-hybridized carbons (Fsp3) is 0.471. The van der Waals surface area contributed by atoms with Crippen LogP contribution < -0.4 is 0 Å². The first-order valence-corrected chi connectivity index (χ1v) is 14.4. The number of hydrogen-bond donors (Lipinski definition) is 0. The molecule has 0 saturated carbocycles. The van der Waals surface area contributed by atoms with Crippen molar-refractivity contribution in [3.8, 4) is 0 Å². The van der Waals surface area contributed by atoms with Crippen molar-refractivity contribution >= 4 is 23.9 Å². The second-order valence-electron chi connectivity index (χ2n) is 12.1. The number of fused-ring (bicyclic) bond motifs is 1. The standard InChI is InChI=1S/C34H40O9/c1-9-19(2)31(37)42-30-28(41-21(4)35)16-23(26-11-10-25(34(26,30)7)22-12-13-40-18-22)15-24-14-20(3)27(17-29(36)39-8)33(5,6)43-32(24)38/h9,11-16,18,25,27-28,30H,10,17H2,1-8H3. The zero-order valence-corrected chi connectivity index (χ0v) is 26.0. The van der Waals surface area contributed by atoms with Crippen LogP contribution in [0, 0.1) is 11.3 Å². The average molecular weight is 593 g/mol. The monoisotopic (exact) mass is 592 g/mol. The summed E-state index contributed by atoms with van der Waals surface area (Å²) in [6.45, 7) is 12.1. The van der Waals surface area contributed by atoms with Crippen LogP contribution in [0.5, 0.6) is 0 Å². The minimum atomic E-state index is -0.972. The molecule has 9 heteroatoms. The van der Waals surface area contributed by atoms with Crippen LogP contribution in [0.15, 0.2) is 81.3 Å². The molecule has 1 aromatic heterocycles. The maximum absolute atomic E-state index is 13.5. The number of carbonyl (C=O) groups is 4. The predicted molar refractivity (Wildman–Crippen MR) is 157 cm³/mol. The Bertz CT molecular complexity index is 1450. The highest BCUT2D eigenvalue weighted by Gasteiger charge is 2.56. The van der Waals surface area contributed by atoms with Crippen LogP contribution in [0.4, 0.5) is 0 Å². The Labute approximate surface area is 252 Å². The molecule has 2 aliphatic carbocycles. The molecule has 9 nitrogen and oxygen atoms in total. The number of hydrogen-bond acceptors (Lipinski definition) is 9. The number of esters is 4. The van der Waals surface area contributed by atoms with Gasteiger partial charge in [-0.3, -0.25) is 9.59 Å². The predicted octanol–water partition coefficient (Wildman–Crippen LogP) is 5.84. The normalized spacial score (nSPS) is 29.4. The Morgan fingerprint density at radius 2 is 1.86 bits per heavy atom. The molecule has 0 saturated heterocycles. The molecule has 0 amide bonds. The molecule has 0 radical (unpaired) electrons. The van der Waals surface area contributed by atoms with Crippen molar-refractivity contribution in [1.82, 2.24) is 0 Å². The maximum Gasteiger partial charge on any atom is 0.338 e. The molecule has 0 fully saturated rings. The van der Waals surface area contributed by atoms with E-state index in [1.54, 1.807) is 64.5 Å². The summed E-state index contributed by atoms with van der Waals surface area (Å²) < 4.78 is 28.1. The van der Waals surface area contributed by atoms with Crippen LogP contribution >= 0.6 is 0 Å². The molecular formula is C34H40O9. The number of rotatable bonds is 7. The summed E-state index contributed by atoms with van der Waals surface area (Å²) >= 11 is 0. The van der Waals surface area contributed by atoms with Crippen LogP contribution in [0.3, 0.4) is 0 Å². The molecule has 2 heterocycles. The van der Waals surface area contributed by atoms with Crippen LogP contribution in [0.2, 0.25) is 0 Å². The number of methoxy groups -OCH3 is 1. The fourth-order valence-electron chi connectivity index (χ4n) is 6.50. The van der Waals surface area contributed by atoms with Gasteiger partial charge in [-0.05, 0) is 82.0 Å². The minimum Gasteiger partial charge on any atom is -0.472 e. The molecule has 0 spiro atoms. The van der Waals surface area contributed by atoms with Crippen molar-refractivity contribution in [1.29, 1.82) is 0 Å². The zero-order valence-electron chi connectivity index (χ0n) is 26.0. The van der Waals surface area contributed by atoms with Crippen molar-refractivity contribution < 1.29 is 42.5 Å². The third-order valence-corrected chi connectivity index (χ3v) is 8.92. The smallest absolute Gasteiger partial charge is 0.338 e. The fourth-order valence-corrected chi connectivity index (χ4v) is 6.50. The van der Waals surface area contributed by atoms with Crippen molar-refractivity contribution in [2.24, 2.45) is 11.3 Å². The van der Waals surface area contributed by atoms with Gasteiger partial charge in [0.25, 0.3) is 0 Å². The van der Waals surface area contributed by atoms with Gasteiger partial charge in [0.2, 0.25) is 0 Å². The Kier molecular flexibility index (Phi) is 9.04. The Balaban J connectivity index is 1.87. The summed E-state index contributed by atoms with van der Waals surface area (Å²) in [5.41, 5.74) is 2.07. The first-order valence-electron chi connectivity index (χ1n) is 14.4. The summed E-state index contributed by atoms with van der Waals surface area (Å²) in [6, 6.07) is 1.87. The van der Waals surface area contributed by atoms with E-state index in [0.717, 1.165) is 16.7 Å². The highest BCUT2D eigenvalue weighted by Crippen LogP contribution is 2.58. The summed E-state index contributed by atoms with van der Waals surface area (Å²) in [7, 11) is 1.32. The molecule has 43 heavy (non-hydrogen) atoms. The zero-order chi connectivity index (χ0) is 31.7. The molecule has 5 atom stereocenters. The SMILES string of the molecule is CC=C(C)C(=O)OC1C(OC(C)=O)C=C(C=C2C=C(C)C(CC(=O)OC)C(C)(C)OC2=O)C2=CCC(c3ccoc3)C21C. The van der Waals surface area contributed by atoms with E-state index >= 15 is 0 Å². The molecule has 1 aromatic rings. The lowest BCUT2D eigenvalue weighted by molar-refractivity contribution is -0.170. The van der Waals surface area contributed by atoms with Gasteiger partial charge in [0.1, 0.15) is 5.60 Å². The third-order valence-electron chi connectivity index (χ3n) is 8.92. The first kappa shape index (κ1) is 31.8. The number of ether oxygens (including phenoxy) is 4. The van der Waals surface area contributed by atoms with Crippen LogP contribution in [-0.2, 0) is 38.1 Å². The van der Waals surface area contributed by atoms with Crippen molar-refractivity contribution in [2.45, 2.75) is 85.0 Å². The summed E-state index contributed by atoms with van der Waals surface area (Å²) in [4.78, 5) is 51.1. The first-order chi connectivity index (χ1) is 20.2. The van der Waals surface area contributed by atoms with Gasteiger partial charge in [-0.25, -0.2) is 9.59 Å². The summed E-state index contributed by atoms with van der Waals surface area (Å²) in [6.07, 6.45) is 11.0. The average Bonchev–Trinajstić information content (AvgIpc) is 3.58. The van der Waals surface area contributed by atoms with E-state index in [1.165, 1.54) is 14.0 Å². The second-order valence-corrected chi connectivity index (χ2v) is 12.1. The molecule has 4 rings (SSSR count). The molecule has 1 aliphatic heterocycles. The largest absolute Gasteiger partial charge is 0.472 e. The Morgan fingerprint density at radius 3 is 2.47 bits per heavy atom. The molecule has 3 aliphatic rings. The van der Waals surface area contributed by atoms with E-state index in [-0.39, 0.29) is 17.9 Å². The Hall–Kier alpha value is -4.14. The molecule has 0 aromatic carbocycles. The summed E-state index contributed by atoms with van der Waals surface area (Å²) in [5, 5.41) is 0. The van der Waals surface area contributed by atoms with E-state index in [2.05, 4.69) is 6.08 Å². The maximum atomic E-state index is 13.5.